The molecule has 0 bridgehead atoms. The van der Waals surface area contributed by atoms with Gasteiger partial charge in [0.05, 0.1) is 26.1 Å². The minimum absolute atomic E-state index is 0.0130. The Morgan fingerprint density at radius 3 is 2.65 bits per heavy atom. The Morgan fingerprint density at radius 1 is 1.26 bits per heavy atom. The Bertz CT molecular complexity index is 1260. The van der Waals surface area contributed by atoms with Gasteiger partial charge in [0, 0.05) is 12.7 Å². The number of hydrogen-bond acceptors (Lipinski definition) is 12. The summed E-state index contributed by atoms with van der Waals surface area (Å²) in [5.74, 6) is -0.00796. The first kappa shape index (κ1) is 24.2. The molecule has 3 heterocycles. The van der Waals surface area contributed by atoms with Crippen molar-refractivity contribution >= 4 is 27.3 Å². The number of benzene rings is 1. The topological polar surface area (TPSA) is 204 Å². The van der Waals surface area contributed by atoms with Crippen LogP contribution in [0.1, 0.15) is 11.8 Å². The van der Waals surface area contributed by atoms with E-state index >= 15 is 0 Å². The van der Waals surface area contributed by atoms with Crippen LogP contribution in [-0.4, -0.2) is 82.4 Å². The van der Waals surface area contributed by atoms with Gasteiger partial charge in [0.1, 0.15) is 35.3 Å². The fraction of sp³-hybridized carbons (Fsp3) is 0.421. The van der Waals surface area contributed by atoms with Gasteiger partial charge in [-0.25, -0.2) is 15.0 Å². The molecule has 34 heavy (non-hydrogen) atoms. The molecule has 4 rings (SSSR count). The highest BCUT2D eigenvalue weighted by Crippen LogP contribution is 2.36. The van der Waals surface area contributed by atoms with E-state index in [1.807, 2.05) is 0 Å². The van der Waals surface area contributed by atoms with Crippen molar-refractivity contribution in [1.29, 1.82) is 0 Å². The molecule has 184 valence electrons. The third kappa shape index (κ3) is 4.54. The maximum absolute atomic E-state index is 12.7. The molecular formula is C19H24N6O8S. The zero-order chi connectivity index (χ0) is 24.5. The molecule has 3 atom stereocenters. The number of hydrogen-bond donors (Lipinski definition) is 5. The number of phenols is 1. The summed E-state index contributed by atoms with van der Waals surface area (Å²) in [5, 5.41) is 31.4. The van der Waals surface area contributed by atoms with Crippen LogP contribution >= 0.6 is 0 Å². The van der Waals surface area contributed by atoms with Crippen molar-refractivity contribution in [2.45, 2.75) is 24.0 Å². The molecule has 14 nitrogen and oxygen atoms in total. The van der Waals surface area contributed by atoms with Crippen molar-refractivity contribution in [3.8, 4) is 5.75 Å². The van der Waals surface area contributed by atoms with Crippen LogP contribution in [0.2, 0.25) is 0 Å². The predicted molar refractivity (Wildman–Crippen MR) is 116 cm³/mol. The summed E-state index contributed by atoms with van der Waals surface area (Å²) in [7, 11) is -3.17. The highest BCUT2D eigenvalue weighted by molar-refractivity contribution is 7.84. The molecule has 15 heteroatoms. The number of anilines is 1. The number of imidazole rings is 1. The molecule has 0 aliphatic carbocycles. The number of aliphatic hydroxyl groups excluding tert-OH is 2. The summed E-state index contributed by atoms with van der Waals surface area (Å²) in [6.07, 6.45) is -2.12. The average molecular weight is 497 g/mol. The highest BCUT2D eigenvalue weighted by atomic mass is 32.2. The number of aromatic hydroxyl groups is 1. The van der Waals surface area contributed by atoms with Gasteiger partial charge in [-0.1, -0.05) is 18.2 Å². The molecule has 0 spiro atoms. The first-order valence-electron chi connectivity index (χ1n) is 10.0. The van der Waals surface area contributed by atoms with E-state index in [4.69, 9.17) is 19.4 Å². The summed E-state index contributed by atoms with van der Waals surface area (Å²) >= 11 is 0. The van der Waals surface area contributed by atoms with Crippen LogP contribution in [0, 0.1) is 0 Å². The van der Waals surface area contributed by atoms with Crippen molar-refractivity contribution < 1.29 is 37.4 Å². The van der Waals surface area contributed by atoms with Crippen molar-refractivity contribution in [2.75, 3.05) is 32.7 Å². The van der Waals surface area contributed by atoms with E-state index < -0.39 is 40.9 Å². The number of nitrogens with two attached hydrogens (primary N) is 1. The van der Waals surface area contributed by atoms with Crippen LogP contribution in [0.25, 0.3) is 11.2 Å². The summed E-state index contributed by atoms with van der Waals surface area (Å²) in [4.78, 5) is 11.8. The molecule has 6 N–H and O–H groups in total. The minimum Gasteiger partial charge on any atom is -0.508 e. The third-order valence-corrected chi connectivity index (χ3v) is 6.57. The number of para-hydroxylation sites is 1. The Labute approximate surface area is 194 Å². The average Bonchev–Trinajstić information content (AvgIpc) is 3.22. The lowest BCUT2D eigenvalue weighted by molar-refractivity contribution is -0.113. The monoisotopic (exact) mass is 496 g/mol. The van der Waals surface area contributed by atoms with Gasteiger partial charge in [0.15, 0.2) is 17.7 Å². The largest absolute Gasteiger partial charge is 0.508 e. The van der Waals surface area contributed by atoms with Gasteiger partial charge >= 0.3 is 10.3 Å². The van der Waals surface area contributed by atoms with Gasteiger partial charge in [-0.3, -0.25) is 8.75 Å². The molecule has 1 aromatic carbocycles. The number of methoxy groups -OCH3 is 1. The van der Waals surface area contributed by atoms with E-state index in [0.29, 0.717) is 5.56 Å². The number of fused-ring (bicyclic) bond motifs is 1. The number of nitrogens with one attached hydrogen (secondary N) is 1. The molecule has 1 saturated heterocycles. The van der Waals surface area contributed by atoms with Gasteiger partial charge < -0.3 is 30.5 Å². The maximum Gasteiger partial charge on any atom is 0.336 e. The van der Waals surface area contributed by atoms with Crippen LogP contribution in [0.15, 0.2) is 36.9 Å². The second kappa shape index (κ2) is 9.38. The molecule has 3 aromatic rings. The zero-order valence-electron chi connectivity index (χ0n) is 18.0. The van der Waals surface area contributed by atoms with Crippen molar-refractivity contribution in [3.63, 3.8) is 0 Å². The van der Waals surface area contributed by atoms with Gasteiger partial charge in [-0.05, 0) is 6.07 Å². The zero-order valence-corrected chi connectivity index (χ0v) is 18.8. The molecule has 0 radical (unpaired) electrons. The Hall–Kier alpha value is -2.92. The van der Waals surface area contributed by atoms with Gasteiger partial charge in [0.25, 0.3) is 0 Å². The lowest BCUT2D eigenvalue weighted by atomic mass is 9.88. The SMILES string of the molecule is CO[C@H](COS(=O)(=O)NC1(c2ccccc2O)COC1)[C@@H](O)[C@@H](O)n1cnc2c(N)ncnc21. The molecule has 2 aromatic heterocycles. The number of rotatable bonds is 10. The van der Waals surface area contributed by atoms with E-state index in [1.54, 1.807) is 18.2 Å². The molecule has 0 amide bonds. The predicted octanol–water partition coefficient (Wildman–Crippen LogP) is -1.24. The lowest BCUT2D eigenvalue weighted by Crippen LogP contribution is -2.59. The van der Waals surface area contributed by atoms with E-state index in [-0.39, 0.29) is 35.9 Å². The van der Waals surface area contributed by atoms with Crippen LogP contribution < -0.4 is 10.5 Å². The molecule has 1 aliphatic rings. The fourth-order valence-electron chi connectivity index (χ4n) is 3.61. The van der Waals surface area contributed by atoms with Gasteiger partial charge in [-0.2, -0.15) is 13.1 Å². The van der Waals surface area contributed by atoms with Crippen LogP contribution in [0.4, 0.5) is 5.82 Å². The molecular weight excluding hydrogens is 472 g/mol. The van der Waals surface area contributed by atoms with E-state index in [9.17, 15) is 23.7 Å². The van der Waals surface area contributed by atoms with Gasteiger partial charge in [-0.15, -0.1) is 0 Å². The number of ether oxygens (including phenoxy) is 2. The van der Waals surface area contributed by atoms with Crippen LogP contribution in [-0.2, 0) is 29.5 Å². The molecule has 1 aliphatic heterocycles. The summed E-state index contributed by atoms with van der Waals surface area (Å²) in [6, 6.07) is 6.27. The Balaban J connectivity index is 1.45. The Kier molecular flexibility index (Phi) is 6.68. The minimum atomic E-state index is -4.39. The first-order chi connectivity index (χ1) is 16.2. The molecule has 0 saturated carbocycles. The molecule has 1 fully saturated rings. The van der Waals surface area contributed by atoms with Crippen molar-refractivity contribution in [2.24, 2.45) is 0 Å². The maximum atomic E-state index is 12.7. The van der Waals surface area contributed by atoms with Gasteiger partial charge in [0.2, 0.25) is 0 Å². The molecule has 0 unspecified atom stereocenters. The number of nitrogen functional groups attached to an aromatic ring is 1. The second-order valence-corrected chi connectivity index (χ2v) is 9.04. The second-order valence-electron chi connectivity index (χ2n) is 7.69. The van der Waals surface area contributed by atoms with Crippen molar-refractivity contribution in [1.82, 2.24) is 24.2 Å². The van der Waals surface area contributed by atoms with E-state index in [0.717, 1.165) is 4.57 Å². The van der Waals surface area contributed by atoms with E-state index in [1.165, 1.54) is 25.8 Å². The summed E-state index contributed by atoms with van der Waals surface area (Å²) in [5.41, 5.74) is 5.25. The number of phenolic OH excluding ortho intramolecular Hbond substituents is 1. The van der Waals surface area contributed by atoms with Crippen LogP contribution in [0.3, 0.4) is 0 Å². The first-order valence-corrected chi connectivity index (χ1v) is 11.4. The number of nitrogens with zero attached hydrogens (tertiary/aromatic N) is 4. The quantitative estimate of drug-likeness (QED) is 0.223. The number of aliphatic hydroxyl groups is 2. The Morgan fingerprint density at radius 2 is 2.00 bits per heavy atom. The third-order valence-electron chi connectivity index (χ3n) is 5.49. The van der Waals surface area contributed by atoms with Crippen molar-refractivity contribution in [3.05, 3.63) is 42.5 Å². The normalized spacial score (nSPS) is 18.3. The number of aromatic nitrogens is 4. The fourth-order valence-corrected chi connectivity index (χ4v) is 4.68. The lowest BCUT2D eigenvalue weighted by Gasteiger charge is -2.41. The highest BCUT2D eigenvalue weighted by Gasteiger charge is 2.46. The van der Waals surface area contributed by atoms with Crippen LogP contribution in [0.5, 0.6) is 5.75 Å². The summed E-state index contributed by atoms with van der Waals surface area (Å²) < 4.78 is 44.2. The standard InChI is InChI=1S/C19H24N6O8S/c1-31-13(15(27)18(28)25-10-23-14-16(20)21-9-22-17(14)25)6-33-34(29,30)24-19(7-32-8-19)11-4-2-3-5-12(11)26/h2-5,9-10,13,15,18,24,26-28H,6-8H2,1H3,(H2,20,21,22)/t13-,15-,18-/m1/s1. The summed E-state index contributed by atoms with van der Waals surface area (Å²) in [6.45, 7) is -0.659. The van der Waals surface area contributed by atoms with E-state index in [2.05, 4.69) is 19.7 Å². The smallest absolute Gasteiger partial charge is 0.336 e.